The van der Waals surface area contributed by atoms with Crippen molar-refractivity contribution in [3.8, 4) is 5.75 Å². The largest absolute Gasteiger partial charge is 0.497 e. The van der Waals surface area contributed by atoms with E-state index in [1.165, 1.54) is 0 Å². The zero-order valence-corrected chi connectivity index (χ0v) is 9.05. The molecule has 1 rings (SSSR count). The maximum Gasteiger partial charge on any atom is 0.404 e. The smallest absolute Gasteiger partial charge is 0.404 e. The van der Waals surface area contributed by atoms with Crippen molar-refractivity contribution >= 4 is 6.09 Å². The lowest BCUT2D eigenvalue weighted by molar-refractivity contribution is 0.0639. The highest BCUT2D eigenvalue weighted by Gasteiger charge is 2.11. The van der Waals surface area contributed by atoms with E-state index < -0.39 is 12.2 Å². The number of carbonyl (C=O) groups is 1. The normalized spacial score (nSPS) is 11.9. The molecule has 0 saturated carbocycles. The summed E-state index contributed by atoms with van der Waals surface area (Å²) in [6.45, 7) is -0.255. The quantitative estimate of drug-likeness (QED) is 0.772. The Bertz CT molecular complexity index is 336. The zero-order chi connectivity index (χ0) is 12.0. The first-order chi connectivity index (χ1) is 7.65. The van der Waals surface area contributed by atoms with Gasteiger partial charge in [0.2, 0.25) is 0 Å². The van der Waals surface area contributed by atoms with Crippen LogP contribution in [0.4, 0.5) is 4.79 Å². The number of hydrogen-bond acceptors (Lipinski definition) is 4. The summed E-state index contributed by atoms with van der Waals surface area (Å²) in [6, 6.07) is 7.28. The van der Waals surface area contributed by atoms with Crippen LogP contribution in [0.3, 0.4) is 0 Å². The molecule has 0 aliphatic carbocycles. The molecule has 0 aliphatic heterocycles. The van der Waals surface area contributed by atoms with Crippen LogP contribution in [0.15, 0.2) is 24.3 Å². The lowest BCUT2D eigenvalue weighted by Gasteiger charge is -2.13. The van der Waals surface area contributed by atoms with Gasteiger partial charge < -0.3 is 20.3 Å². The van der Waals surface area contributed by atoms with Gasteiger partial charge in [-0.3, -0.25) is 0 Å². The van der Waals surface area contributed by atoms with E-state index in [0.717, 1.165) is 11.3 Å². The van der Waals surface area contributed by atoms with Gasteiger partial charge >= 0.3 is 6.09 Å². The number of ether oxygens (including phenoxy) is 2. The molecule has 0 heterocycles. The lowest BCUT2D eigenvalue weighted by atomic mass is 10.1. The van der Waals surface area contributed by atoms with E-state index in [1.807, 2.05) is 12.1 Å². The summed E-state index contributed by atoms with van der Waals surface area (Å²) in [4.78, 5) is 10.5. The van der Waals surface area contributed by atoms with E-state index in [0.29, 0.717) is 6.42 Å². The highest BCUT2D eigenvalue weighted by Crippen LogP contribution is 2.13. The van der Waals surface area contributed by atoms with Crippen molar-refractivity contribution in [2.75, 3.05) is 13.7 Å². The Kier molecular flexibility index (Phi) is 4.60. The van der Waals surface area contributed by atoms with Crippen molar-refractivity contribution in [3.05, 3.63) is 29.8 Å². The number of rotatable bonds is 5. The minimum Gasteiger partial charge on any atom is -0.497 e. The molecule has 16 heavy (non-hydrogen) atoms. The molecule has 0 aliphatic rings. The molecular formula is C11H15NO4. The second-order valence-corrected chi connectivity index (χ2v) is 3.29. The molecule has 1 aromatic carbocycles. The molecule has 1 aromatic rings. The first-order valence-corrected chi connectivity index (χ1v) is 4.85. The number of amides is 1. The van der Waals surface area contributed by atoms with Gasteiger partial charge in [0.15, 0.2) is 0 Å². The molecular weight excluding hydrogens is 210 g/mol. The Labute approximate surface area is 93.8 Å². The molecule has 0 aromatic heterocycles. The first-order valence-electron chi connectivity index (χ1n) is 4.85. The molecule has 5 nitrogen and oxygen atoms in total. The van der Waals surface area contributed by atoms with Crippen molar-refractivity contribution in [1.29, 1.82) is 0 Å². The number of carbonyl (C=O) groups excluding carboxylic acids is 1. The van der Waals surface area contributed by atoms with Crippen LogP contribution in [0.1, 0.15) is 5.56 Å². The Morgan fingerprint density at radius 3 is 2.50 bits per heavy atom. The molecule has 3 N–H and O–H groups in total. The molecule has 0 bridgehead atoms. The molecule has 1 unspecified atom stereocenters. The molecule has 0 fully saturated rings. The fourth-order valence-corrected chi connectivity index (χ4v) is 1.33. The van der Waals surface area contributed by atoms with E-state index in [-0.39, 0.29) is 6.61 Å². The Morgan fingerprint density at radius 2 is 2.06 bits per heavy atom. The van der Waals surface area contributed by atoms with Gasteiger partial charge in [0.25, 0.3) is 0 Å². The summed E-state index contributed by atoms with van der Waals surface area (Å²) in [7, 11) is 1.59. The highest BCUT2D eigenvalue weighted by molar-refractivity contribution is 5.64. The summed E-state index contributed by atoms with van der Waals surface area (Å²) in [5, 5.41) is 8.98. The van der Waals surface area contributed by atoms with Gasteiger partial charge in [-0.1, -0.05) is 12.1 Å². The molecule has 0 radical (unpaired) electrons. The van der Waals surface area contributed by atoms with Crippen LogP contribution in [-0.2, 0) is 11.2 Å². The molecule has 88 valence electrons. The van der Waals surface area contributed by atoms with Gasteiger partial charge in [0, 0.05) is 6.42 Å². The Hall–Kier alpha value is -1.75. The van der Waals surface area contributed by atoms with E-state index in [1.54, 1.807) is 19.2 Å². The van der Waals surface area contributed by atoms with Crippen molar-refractivity contribution in [2.24, 2.45) is 5.73 Å². The van der Waals surface area contributed by atoms with Crippen LogP contribution >= 0.6 is 0 Å². The topological polar surface area (TPSA) is 81.8 Å². The van der Waals surface area contributed by atoms with Gasteiger partial charge in [-0.25, -0.2) is 4.79 Å². The molecule has 0 saturated heterocycles. The molecule has 1 atom stereocenters. The molecule has 5 heteroatoms. The highest BCUT2D eigenvalue weighted by atomic mass is 16.6. The monoisotopic (exact) mass is 225 g/mol. The summed E-state index contributed by atoms with van der Waals surface area (Å²) in [5.74, 6) is 0.750. The van der Waals surface area contributed by atoms with Crippen molar-refractivity contribution in [1.82, 2.24) is 0 Å². The fourth-order valence-electron chi connectivity index (χ4n) is 1.33. The summed E-state index contributed by atoms with van der Waals surface area (Å²) in [5.41, 5.74) is 5.81. The summed E-state index contributed by atoms with van der Waals surface area (Å²) >= 11 is 0. The van der Waals surface area contributed by atoms with Crippen LogP contribution in [0, 0.1) is 0 Å². The second kappa shape index (κ2) is 5.97. The van der Waals surface area contributed by atoms with Crippen LogP contribution < -0.4 is 10.5 Å². The second-order valence-electron chi connectivity index (χ2n) is 3.29. The SMILES string of the molecule is COc1ccc(CC(CO)OC(N)=O)cc1. The minimum atomic E-state index is -0.882. The average molecular weight is 225 g/mol. The first kappa shape index (κ1) is 12.3. The zero-order valence-electron chi connectivity index (χ0n) is 9.05. The van der Waals surface area contributed by atoms with Crippen molar-refractivity contribution in [2.45, 2.75) is 12.5 Å². The number of primary amides is 1. The minimum absolute atomic E-state index is 0.255. The lowest BCUT2D eigenvalue weighted by Crippen LogP contribution is -2.27. The Balaban J connectivity index is 2.59. The number of aliphatic hydroxyl groups is 1. The third-order valence-corrected chi connectivity index (χ3v) is 2.11. The average Bonchev–Trinajstić information content (AvgIpc) is 2.28. The number of methoxy groups -OCH3 is 1. The predicted octanol–water partition coefficient (Wildman–Crippen LogP) is 0.694. The Morgan fingerprint density at radius 1 is 1.44 bits per heavy atom. The van der Waals surface area contributed by atoms with Crippen LogP contribution in [-0.4, -0.2) is 31.0 Å². The fraction of sp³-hybridized carbons (Fsp3) is 0.364. The van der Waals surface area contributed by atoms with Crippen LogP contribution in [0.2, 0.25) is 0 Å². The summed E-state index contributed by atoms with van der Waals surface area (Å²) < 4.78 is 9.73. The van der Waals surface area contributed by atoms with E-state index in [4.69, 9.17) is 20.3 Å². The van der Waals surface area contributed by atoms with Gasteiger partial charge in [-0.15, -0.1) is 0 Å². The molecule has 1 amide bonds. The number of aliphatic hydroxyl groups excluding tert-OH is 1. The van der Waals surface area contributed by atoms with Gasteiger partial charge in [0.1, 0.15) is 11.9 Å². The standard InChI is InChI=1S/C11H15NO4/c1-15-9-4-2-8(3-5-9)6-10(7-13)16-11(12)14/h2-5,10,13H,6-7H2,1H3,(H2,12,14). The molecule has 0 spiro atoms. The van der Waals surface area contributed by atoms with E-state index in [2.05, 4.69) is 0 Å². The van der Waals surface area contributed by atoms with Gasteiger partial charge in [-0.2, -0.15) is 0 Å². The number of nitrogens with two attached hydrogens (primary N) is 1. The maximum atomic E-state index is 10.5. The predicted molar refractivity (Wildman–Crippen MR) is 58.2 cm³/mol. The van der Waals surface area contributed by atoms with Crippen molar-refractivity contribution < 1.29 is 19.4 Å². The van der Waals surface area contributed by atoms with Crippen molar-refractivity contribution in [3.63, 3.8) is 0 Å². The summed E-state index contributed by atoms with van der Waals surface area (Å²) in [6.07, 6.45) is -1.07. The van der Waals surface area contributed by atoms with Gasteiger partial charge in [0.05, 0.1) is 13.7 Å². The van der Waals surface area contributed by atoms with Crippen LogP contribution in [0.5, 0.6) is 5.75 Å². The third kappa shape index (κ3) is 3.78. The van der Waals surface area contributed by atoms with E-state index in [9.17, 15) is 4.79 Å². The maximum absolute atomic E-state index is 10.5. The van der Waals surface area contributed by atoms with E-state index >= 15 is 0 Å². The van der Waals surface area contributed by atoms with Crippen LogP contribution in [0.25, 0.3) is 0 Å². The number of benzene rings is 1. The number of hydrogen-bond donors (Lipinski definition) is 2. The van der Waals surface area contributed by atoms with Gasteiger partial charge in [-0.05, 0) is 17.7 Å². The third-order valence-electron chi connectivity index (χ3n) is 2.11.